The normalized spacial score (nSPS) is 13.0. The molecule has 29 heavy (non-hydrogen) atoms. The van der Waals surface area contributed by atoms with Crippen molar-refractivity contribution in [3.63, 3.8) is 0 Å². The first-order valence-electron chi connectivity index (χ1n) is 10.6. The molecule has 0 saturated carbocycles. The Bertz CT molecular complexity index is 627. The van der Waals surface area contributed by atoms with E-state index in [1.165, 1.54) is 10.6 Å². The van der Waals surface area contributed by atoms with Crippen LogP contribution in [0.25, 0.3) is 0 Å². The Hall–Kier alpha value is -0.816. The van der Waals surface area contributed by atoms with Crippen LogP contribution in [-0.2, 0) is 13.3 Å². The minimum Gasteiger partial charge on any atom is -0.374 e. The van der Waals surface area contributed by atoms with E-state index in [9.17, 15) is 0 Å². The van der Waals surface area contributed by atoms with Crippen LogP contribution in [0, 0.1) is 0 Å². The molecule has 0 N–H and O–H groups in total. The molecule has 0 aliphatic rings. The summed E-state index contributed by atoms with van der Waals surface area (Å²) in [5.41, 5.74) is 0. The van der Waals surface area contributed by atoms with E-state index in [0.717, 1.165) is 34.2 Å². The van der Waals surface area contributed by atoms with Gasteiger partial charge in [0.05, 0.1) is 0 Å². The second-order valence-corrected chi connectivity index (χ2v) is 13.2. The summed E-state index contributed by atoms with van der Waals surface area (Å²) in [6.07, 6.45) is 2.22. The summed E-state index contributed by atoms with van der Waals surface area (Å²) in [5.74, 6) is 0. The number of hydrogen-bond donors (Lipinski definition) is 0. The van der Waals surface area contributed by atoms with Crippen molar-refractivity contribution < 1.29 is 13.3 Å². The van der Waals surface area contributed by atoms with Gasteiger partial charge in [-0.3, -0.25) is 0 Å². The number of rotatable bonds is 14. The molecular weight excluding hydrogens is 411 g/mol. The second-order valence-electron chi connectivity index (χ2n) is 6.94. The summed E-state index contributed by atoms with van der Waals surface area (Å²) >= 11 is 0. The van der Waals surface area contributed by atoms with Crippen molar-refractivity contribution >= 4 is 36.9 Å². The Morgan fingerprint density at radius 1 is 0.897 bits per heavy atom. The zero-order chi connectivity index (χ0) is 21.0. The first-order chi connectivity index (χ1) is 14.1. The fraction of sp³-hybridized carbons (Fsp3) is 0.478. The van der Waals surface area contributed by atoms with E-state index in [1.807, 2.05) is 13.8 Å². The summed E-state index contributed by atoms with van der Waals surface area (Å²) < 4.78 is 18.8. The Kier molecular flexibility index (Phi) is 11.4. The second kappa shape index (κ2) is 13.5. The predicted molar refractivity (Wildman–Crippen MR) is 129 cm³/mol. The number of benzene rings is 2. The molecule has 3 nitrogen and oxygen atoms in total. The van der Waals surface area contributed by atoms with Crippen LogP contribution in [0.4, 0.5) is 0 Å². The van der Waals surface area contributed by atoms with Crippen molar-refractivity contribution in [2.45, 2.75) is 51.9 Å². The molecule has 0 bridgehead atoms. The zero-order valence-electron chi connectivity index (χ0n) is 18.3. The maximum Gasteiger partial charge on any atom is 0.500 e. The third-order valence-corrected chi connectivity index (χ3v) is 11.6. The fourth-order valence-electron chi connectivity index (χ4n) is 3.33. The largest absolute Gasteiger partial charge is 0.500 e. The summed E-state index contributed by atoms with van der Waals surface area (Å²) in [4.78, 5) is 0. The molecule has 0 heterocycles. The van der Waals surface area contributed by atoms with Gasteiger partial charge in [-0.15, -0.1) is 0 Å². The quantitative estimate of drug-likeness (QED) is 0.299. The van der Waals surface area contributed by atoms with E-state index in [-0.39, 0.29) is 6.10 Å². The van der Waals surface area contributed by atoms with Gasteiger partial charge in [0.2, 0.25) is 0 Å². The average molecular weight is 447 g/mol. The maximum atomic E-state index is 6.55. The molecule has 6 heteroatoms. The third kappa shape index (κ3) is 8.08. The molecule has 0 aromatic heterocycles. The van der Waals surface area contributed by atoms with Gasteiger partial charge in [0.25, 0.3) is 0 Å². The monoisotopic (exact) mass is 446 g/mol. The Labute approximate surface area is 182 Å². The first kappa shape index (κ1) is 24.5. The van der Waals surface area contributed by atoms with E-state index >= 15 is 0 Å². The van der Waals surface area contributed by atoms with Crippen LogP contribution >= 0.6 is 7.92 Å². The molecule has 2 aromatic rings. The van der Waals surface area contributed by atoms with Crippen molar-refractivity contribution in [1.29, 1.82) is 0 Å². The Morgan fingerprint density at radius 2 is 1.41 bits per heavy atom. The fourth-order valence-corrected chi connectivity index (χ4v) is 10.3. The number of hydrogen-bond acceptors (Lipinski definition) is 3. The minimum absolute atomic E-state index is 0.123. The summed E-state index contributed by atoms with van der Waals surface area (Å²) in [5, 5.41) is 2.84. The van der Waals surface area contributed by atoms with Crippen LogP contribution in [-0.4, -0.2) is 43.8 Å². The summed E-state index contributed by atoms with van der Waals surface area (Å²) in [7, 11) is -2.10. The van der Waals surface area contributed by atoms with Crippen molar-refractivity contribution in [1.82, 2.24) is 0 Å². The van der Waals surface area contributed by atoms with Gasteiger partial charge in [0, 0.05) is 34.9 Å². The lowest BCUT2D eigenvalue weighted by atomic mass is 10.3. The summed E-state index contributed by atoms with van der Waals surface area (Å²) in [6, 6.07) is 23.8. The lowest BCUT2D eigenvalue weighted by Crippen LogP contribution is -2.48. The van der Waals surface area contributed by atoms with Crippen LogP contribution in [0.1, 0.15) is 27.2 Å². The molecule has 2 radical (unpaired) electrons. The topological polar surface area (TPSA) is 27.7 Å². The highest BCUT2D eigenvalue weighted by atomic mass is 31.1. The van der Waals surface area contributed by atoms with Crippen LogP contribution in [0.5, 0.6) is 0 Å². The molecule has 1 atom stereocenters. The molecule has 1 unspecified atom stereocenters. The van der Waals surface area contributed by atoms with E-state index in [1.54, 1.807) is 0 Å². The van der Waals surface area contributed by atoms with Crippen LogP contribution in [0.15, 0.2) is 60.7 Å². The zero-order valence-corrected chi connectivity index (χ0v) is 21.2. The van der Waals surface area contributed by atoms with Gasteiger partial charge in [-0.1, -0.05) is 73.3 Å². The SMILES string of the molecule is CCO[Si](CC[Si]C)(OCC)OC(C)CCP(c1ccccc1)c1ccccc1. The van der Waals surface area contributed by atoms with Crippen LogP contribution in [0.3, 0.4) is 0 Å². The van der Waals surface area contributed by atoms with E-state index < -0.39 is 16.7 Å². The van der Waals surface area contributed by atoms with E-state index in [0.29, 0.717) is 13.2 Å². The molecule has 0 aliphatic carbocycles. The van der Waals surface area contributed by atoms with Gasteiger partial charge in [0.1, 0.15) is 0 Å². The Balaban J connectivity index is 2.09. The van der Waals surface area contributed by atoms with Gasteiger partial charge in [0.15, 0.2) is 0 Å². The highest BCUT2D eigenvalue weighted by Gasteiger charge is 2.41. The third-order valence-electron chi connectivity index (χ3n) is 4.69. The molecule has 0 fully saturated rings. The molecule has 2 aromatic carbocycles. The highest BCUT2D eigenvalue weighted by Crippen LogP contribution is 2.35. The van der Waals surface area contributed by atoms with Gasteiger partial charge >= 0.3 is 8.80 Å². The molecule has 0 amide bonds. The van der Waals surface area contributed by atoms with Gasteiger partial charge < -0.3 is 13.3 Å². The van der Waals surface area contributed by atoms with E-state index in [2.05, 4.69) is 74.1 Å². The molecule has 158 valence electrons. The van der Waals surface area contributed by atoms with Gasteiger partial charge in [-0.05, 0) is 51.9 Å². The maximum absolute atomic E-state index is 6.55. The molecule has 0 spiro atoms. The minimum atomic E-state index is -2.60. The predicted octanol–water partition coefficient (Wildman–Crippen LogP) is 5.10. The smallest absolute Gasteiger partial charge is 0.374 e. The highest BCUT2D eigenvalue weighted by molar-refractivity contribution is 7.73. The van der Waals surface area contributed by atoms with Crippen molar-refractivity contribution in [2.75, 3.05) is 19.4 Å². The van der Waals surface area contributed by atoms with Gasteiger partial charge in [-0.25, -0.2) is 0 Å². The standard InChI is InChI=1S/C23H35O3PSi2/c1-5-24-29(25-6-2,20-19-28-4)26-21(3)17-18-27(22-13-9-7-10-14-22)23-15-11-8-12-16-23/h7-16,21H,5-6,17-20H2,1-4H3. The van der Waals surface area contributed by atoms with Crippen LogP contribution in [0.2, 0.25) is 18.6 Å². The molecule has 2 rings (SSSR count). The van der Waals surface area contributed by atoms with E-state index in [4.69, 9.17) is 13.3 Å². The van der Waals surface area contributed by atoms with Gasteiger partial charge in [-0.2, -0.15) is 0 Å². The molecular formula is C23H35O3PSi2. The van der Waals surface area contributed by atoms with Crippen molar-refractivity contribution in [2.24, 2.45) is 0 Å². The molecule has 0 aliphatic heterocycles. The average Bonchev–Trinajstić information content (AvgIpc) is 2.74. The first-order valence-corrected chi connectivity index (χ1v) is 15.8. The Morgan fingerprint density at radius 3 is 1.86 bits per heavy atom. The van der Waals surface area contributed by atoms with Crippen molar-refractivity contribution in [3.8, 4) is 0 Å². The van der Waals surface area contributed by atoms with Crippen molar-refractivity contribution in [3.05, 3.63) is 60.7 Å². The lowest BCUT2D eigenvalue weighted by Gasteiger charge is -2.32. The lowest BCUT2D eigenvalue weighted by molar-refractivity contribution is 0.0386. The molecule has 0 saturated heterocycles. The summed E-state index contributed by atoms with van der Waals surface area (Å²) in [6.45, 7) is 9.77. The van der Waals surface area contributed by atoms with Crippen LogP contribution < -0.4 is 10.6 Å².